The standard InChI is InChI=1S/C24H33ClN2O5S/c1-3-27(21-10-12-33(30,31)13-11-21)23-9-4-17(18(16-32-2)15-24(28)29)14-22(23)26-20-7-5-19(25)6-8-20/h4-9,14,18,21,26,30-31H,3,10-13,15-16H2,1-2H3,(H,28,29). The van der Waals surface area contributed by atoms with E-state index in [1.54, 1.807) is 7.11 Å². The number of benzene rings is 2. The maximum Gasteiger partial charge on any atom is 0.304 e. The third-order valence-corrected chi connectivity index (χ3v) is 8.08. The number of carboxylic acids is 1. The van der Waals surface area contributed by atoms with Gasteiger partial charge in [0.1, 0.15) is 0 Å². The smallest absolute Gasteiger partial charge is 0.304 e. The zero-order valence-electron chi connectivity index (χ0n) is 19.0. The molecule has 33 heavy (non-hydrogen) atoms. The Hall–Kier alpha value is -1.97. The number of nitrogens with one attached hydrogen (secondary N) is 1. The molecule has 0 spiro atoms. The van der Waals surface area contributed by atoms with Crippen LogP contribution in [0.4, 0.5) is 17.1 Å². The predicted octanol–water partition coefficient (Wildman–Crippen LogP) is 6.03. The van der Waals surface area contributed by atoms with E-state index in [0.717, 1.165) is 29.2 Å². The molecule has 9 heteroatoms. The summed E-state index contributed by atoms with van der Waals surface area (Å²) in [6.07, 6.45) is 1.40. The Kier molecular flexibility index (Phi) is 8.89. The minimum atomic E-state index is -2.46. The van der Waals surface area contributed by atoms with Gasteiger partial charge in [0.25, 0.3) is 0 Å². The highest BCUT2D eigenvalue weighted by Gasteiger charge is 2.29. The molecule has 2 aromatic carbocycles. The van der Waals surface area contributed by atoms with Crippen LogP contribution in [-0.2, 0) is 9.53 Å². The van der Waals surface area contributed by atoms with Crippen LogP contribution in [0.3, 0.4) is 0 Å². The molecule has 0 amide bonds. The third-order valence-electron chi connectivity index (χ3n) is 6.05. The van der Waals surface area contributed by atoms with Crippen LogP contribution in [0.5, 0.6) is 0 Å². The molecule has 0 aliphatic carbocycles. The Morgan fingerprint density at radius 1 is 1.21 bits per heavy atom. The highest BCUT2D eigenvalue weighted by atomic mass is 35.5. The van der Waals surface area contributed by atoms with Crippen LogP contribution >= 0.6 is 22.2 Å². The van der Waals surface area contributed by atoms with Crippen LogP contribution < -0.4 is 10.2 Å². The predicted molar refractivity (Wildman–Crippen MR) is 137 cm³/mol. The molecule has 1 aliphatic heterocycles. The van der Waals surface area contributed by atoms with Crippen molar-refractivity contribution in [2.75, 3.05) is 42.0 Å². The second-order valence-corrected chi connectivity index (χ2v) is 11.2. The largest absolute Gasteiger partial charge is 0.481 e. The fraction of sp³-hybridized carbons (Fsp3) is 0.458. The summed E-state index contributed by atoms with van der Waals surface area (Å²) >= 11 is 6.05. The SMILES string of the molecule is CCN(c1ccc(C(COC)CC(=O)O)cc1Nc1ccc(Cl)cc1)C1CCS(O)(O)CC1. The van der Waals surface area contributed by atoms with Gasteiger partial charge in [-0.1, -0.05) is 17.7 Å². The van der Waals surface area contributed by atoms with E-state index in [-0.39, 0.29) is 18.4 Å². The lowest BCUT2D eigenvalue weighted by Gasteiger charge is -2.44. The summed E-state index contributed by atoms with van der Waals surface area (Å²) < 4.78 is 25.4. The van der Waals surface area contributed by atoms with Gasteiger partial charge in [-0.3, -0.25) is 13.9 Å². The number of carbonyl (C=O) groups is 1. The van der Waals surface area contributed by atoms with Crippen molar-refractivity contribution in [1.29, 1.82) is 0 Å². The van der Waals surface area contributed by atoms with Crippen molar-refractivity contribution < 1.29 is 23.7 Å². The maximum atomic E-state index is 11.4. The Morgan fingerprint density at radius 3 is 2.45 bits per heavy atom. The van der Waals surface area contributed by atoms with Crippen molar-refractivity contribution in [3.63, 3.8) is 0 Å². The van der Waals surface area contributed by atoms with Gasteiger partial charge < -0.3 is 20.1 Å². The lowest BCUT2D eigenvalue weighted by atomic mass is 9.95. The zero-order valence-corrected chi connectivity index (χ0v) is 20.6. The van der Waals surface area contributed by atoms with Gasteiger partial charge >= 0.3 is 5.97 Å². The molecular formula is C24H33ClN2O5S. The van der Waals surface area contributed by atoms with Crippen LogP contribution in [0.15, 0.2) is 42.5 Å². The lowest BCUT2D eigenvalue weighted by molar-refractivity contribution is -0.137. The van der Waals surface area contributed by atoms with E-state index in [9.17, 15) is 19.0 Å². The summed E-state index contributed by atoms with van der Waals surface area (Å²) in [6, 6.07) is 13.6. The molecule has 2 aromatic rings. The van der Waals surface area contributed by atoms with Gasteiger partial charge in [0, 0.05) is 47.8 Å². The summed E-state index contributed by atoms with van der Waals surface area (Å²) in [4.78, 5) is 13.7. The highest BCUT2D eigenvalue weighted by molar-refractivity contribution is 8.24. The van der Waals surface area contributed by atoms with E-state index < -0.39 is 16.6 Å². The lowest BCUT2D eigenvalue weighted by Crippen LogP contribution is -2.40. The molecule has 3 rings (SSSR count). The van der Waals surface area contributed by atoms with E-state index in [4.69, 9.17) is 16.3 Å². The Bertz CT molecular complexity index is 931. The highest BCUT2D eigenvalue weighted by Crippen LogP contribution is 2.46. The molecule has 1 unspecified atom stereocenters. The molecule has 1 heterocycles. The Labute approximate surface area is 202 Å². The van der Waals surface area contributed by atoms with Crippen LogP contribution in [0.25, 0.3) is 0 Å². The number of rotatable bonds is 10. The number of halogens is 1. The number of hydrogen-bond acceptors (Lipinski definition) is 6. The quantitative estimate of drug-likeness (QED) is 0.318. The first kappa shape index (κ1) is 25.6. The summed E-state index contributed by atoms with van der Waals surface area (Å²) in [7, 11) is -0.891. The van der Waals surface area contributed by atoms with E-state index in [1.165, 1.54) is 0 Å². The molecule has 4 N–H and O–H groups in total. The molecule has 7 nitrogen and oxygen atoms in total. The zero-order chi connectivity index (χ0) is 24.0. The fourth-order valence-corrected chi connectivity index (χ4v) is 5.99. The van der Waals surface area contributed by atoms with Crippen LogP contribution in [-0.4, -0.2) is 58.0 Å². The average molecular weight is 497 g/mol. The molecular weight excluding hydrogens is 464 g/mol. The maximum absolute atomic E-state index is 11.4. The van der Waals surface area contributed by atoms with Crippen LogP contribution in [0, 0.1) is 0 Å². The van der Waals surface area contributed by atoms with Gasteiger partial charge in [0.05, 0.1) is 24.4 Å². The molecule has 1 fully saturated rings. The molecule has 0 radical (unpaired) electrons. The van der Waals surface area contributed by atoms with Gasteiger partial charge in [0.15, 0.2) is 0 Å². The van der Waals surface area contributed by atoms with E-state index in [2.05, 4.69) is 17.1 Å². The van der Waals surface area contributed by atoms with Gasteiger partial charge in [-0.25, -0.2) is 0 Å². The summed E-state index contributed by atoms with van der Waals surface area (Å²) in [5.74, 6) is -0.309. The summed E-state index contributed by atoms with van der Waals surface area (Å²) in [6.45, 7) is 3.16. The van der Waals surface area contributed by atoms with Crippen molar-refractivity contribution in [3.8, 4) is 0 Å². The number of carboxylic acid groups (broad SMARTS) is 1. The summed E-state index contributed by atoms with van der Waals surface area (Å²) in [5, 5.41) is 13.5. The second-order valence-electron chi connectivity index (χ2n) is 8.39. The number of ether oxygens (including phenoxy) is 1. The molecule has 1 atom stereocenters. The Balaban J connectivity index is 1.98. The number of aliphatic carboxylic acids is 1. The van der Waals surface area contributed by atoms with Crippen molar-refractivity contribution >= 4 is 45.2 Å². The Morgan fingerprint density at radius 2 is 1.88 bits per heavy atom. The van der Waals surface area contributed by atoms with Crippen molar-refractivity contribution in [2.24, 2.45) is 0 Å². The molecule has 0 bridgehead atoms. The minimum Gasteiger partial charge on any atom is -0.481 e. The number of nitrogens with zero attached hydrogens (tertiary/aromatic N) is 1. The van der Waals surface area contributed by atoms with Gasteiger partial charge in [-0.15, -0.1) is 0 Å². The topological polar surface area (TPSA) is 102 Å². The first-order valence-corrected chi connectivity index (χ1v) is 13.4. The number of methoxy groups -OCH3 is 1. The van der Waals surface area contributed by atoms with Crippen molar-refractivity contribution in [2.45, 2.75) is 38.1 Å². The second kappa shape index (κ2) is 11.4. The normalized spacial score (nSPS) is 17.8. The molecule has 182 valence electrons. The molecule has 1 aliphatic rings. The minimum absolute atomic E-state index is 0.0223. The van der Waals surface area contributed by atoms with E-state index in [0.29, 0.717) is 36.0 Å². The average Bonchev–Trinajstić information content (AvgIpc) is 2.77. The van der Waals surface area contributed by atoms with Crippen LogP contribution in [0.2, 0.25) is 5.02 Å². The van der Waals surface area contributed by atoms with E-state index in [1.807, 2.05) is 42.5 Å². The van der Waals surface area contributed by atoms with Gasteiger partial charge in [-0.2, -0.15) is 10.6 Å². The summed E-state index contributed by atoms with van der Waals surface area (Å²) in [5.41, 5.74) is 3.60. The molecule has 1 saturated heterocycles. The number of hydrogen-bond donors (Lipinski definition) is 4. The molecule has 0 aromatic heterocycles. The van der Waals surface area contributed by atoms with E-state index >= 15 is 0 Å². The van der Waals surface area contributed by atoms with Gasteiger partial charge in [-0.05, 0) is 61.7 Å². The van der Waals surface area contributed by atoms with Crippen LogP contribution in [0.1, 0.15) is 37.7 Å². The number of anilines is 3. The first-order chi connectivity index (χ1) is 15.7. The fourth-order valence-electron chi connectivity index (χ4n) is 4.36. The molecule has 0 saturated carbocycles. The monoisotopic (exact) mass is 496 g/mol. The van der Waals surface area contributed by atoms with Gasteiger partial charge in [0.2, 0.25) is 0 Å². The van der Waals surface area contributed by atoms with Crippen molar-refractivity contribution in [1.82, 2.24) is 0 Å². The van der Waals surface area contributed by atoms with Crippen molar-refractivity contribution in [3.05, 3.63) is 53.1 Å². The first-order valence-electron chi connectivity index (χ1n) is 11.1. The third kappa shape index (κ3) is 7.01.